The van der Waals surface area contributed by atoms with Crippen molar-refractivity contribution in [1.29, 1.82) is 0 Å². The summed E-state index contributed by atoms with van der Waals surface area (Å²) in [5.74, 6) is -0.563. The number of nitrogens with one attached hydrogen (secondary N) is 1. The lowest BCUT2D eigenvalue weighted by Crippen LogP contribution is -2.27. The highest BCUT2D eigenvalue weighted by Gasteiger charge is 2.34. The average Bonchev–Trinajstić information content (AvgIpc) is 2.97. The van der Waals surface area contributed by atoms with Gasteiger partial charge in [0.25, 0.3) is 5.91 Å². The maximum Gasteiger partial charge on any atom is 0.272 e. The fourth-order valence-electron chi connectivity index (χ4n) is 3.70. The molecule has 1 aromatic heterocycles. The second-order valence-electron chi connectivity index (χ2n) is 7.05. The molecule has 0 aliphatic carbocycles. The van der Waals surface area contributed by atoms with Crippen molar-refractivity contribution < 1.29 is 13.2 Å². The Morgan fingerprint density at radius 2 is 1.96 bits per heavy atom. The number of sulfone groups is 1. The van der Waals surface area contributed by atoms with Gasteiger partial charge in [-0.05, 0) is 25.0 Å². The van der Waals surface area contributed by atoms with Crippen molar-refractivity contribution in [2.24, 2.45) is 7.05 Å². The molecule has 0 unspecified atom stereocenters. The van der Waals surface area contributed by atoms with Crippen LogP contribution in [-0.4, -0.2) is 30.7 Å². The predicted molar refractivity (Wildman–Crippen MR) is 107 cm³/mol. The third-order valence-electron chi connectivity index (χ3n) is 4.95. The van der Waals surface area contributed by atoms with E-state index in [1.54, 1.807) is 36.0 Å². The molecule has 0 radical (unpaired) electrons. The molecule has 0 atom stereocenters. The number of aromatic nitrogens is 2. The Morgan fingerprint density at radius 3 is 2.75 bits per heavy atom. The fourth-order valence-corrected chi connectivity index (χ4v) is 5.29. The zero-order valence-electron chi connectivity index (χ0n) is 15.8. The lowest BCUT2D eigenvalue weighted by molar-refractivity contribution is 0.0948. The van der Waals surface area contributed by atoms with E-state index in [9.17, 15) is 13.2 Å². The van der Waals surface area contributed by atoms with Crippen LogP contribution in [0.5, 0.6) is 0 Å². The quantitative estimate of drug-likeness (QED) is 0.736. The van der Waals surface area contributed by atoms with E-state index in [2.05, 4.69) is 16.5 Å². The van der Waals surface area contributed by atoms with E-state index in [4.69, 9.17) is 0 Å². The van der Waals surface area contributed by atoms with Gasteiger partial charge in [-0.1, -0.05) is 48.0 Å². The number of carbonyl (C=O) groups is 1. The highest BCUT2D eigenvalue weighted by molar-refractivity contribution is 7.90. The molecule has 3 aromatic rings. The number of rotatable bonds is 4. The van der Waals surface area contributed by atoms with E-state index in [-0.39, 0.29) is 22.2 Å². The Bertz CT molecular complexity index is 1180. The first kappa shape index (κ1) is 18.4. The van der Waals surface area contributed by atoms with Crippen LogP contribution in [0.2, 0.25) is 0 Å². The van der Waals surface area contributed by atoms with Crippen molar-refractivity contribution in [2.45, 2.75) is 24.0 Å². The first-order chi connectivity index (χ1) is 13.4. The summed E-state index contributed by atoms with van der Waals surface area (Å²) in [6, 6.07) is 15.0. The maximum absolute atomic E-state index is 12.7. The first-order valence-corrected chi connectivity index (χ1v) is 10.7. The molecule has 6 nitrogen and oxygen atoms in total. The van der Waals surface area contributed by atoms with Crippen molar-refractivity contribution >= 4 is 15.7 Å². The molecule has 2 aromatic carbocycles. The summed E-state index contributed by atoms with van der Waals surface area (Å²) in [5, 5.41) is 7.21. The van der Waals surface area contributed by atoms with Gasteiger partial charge >= 0.3 is 0 Å². The molecule has 28 heavy (non-hydrogen) atoms. The minimum absolute atomic E-state index is 0.180. The number of carbonyl (C=O) groups excluding carboxylic acids is 1. The number of nitrogens with zero attached hydrogens (tertiary/aromatic N) is 2. The van der Waals surface area contributed by atoms with Crippen molar-refractivity contribution in [2.75, 3.05) is 6.54 Å². The number of amides is 1. The maximum atomic E-state index is 12.7. The number of benzene rings is 2. The fraction of sp³-hybridized carbons (Fsp3) is 0.238. The van der Waals surface area contributed by atoms with Gasteiger partial charge in [0, 0.05) is 24.7 Å². The zero-order chi connectivity index (χ0) is 19.9. The van der Waals surface area contributed by atoms with Crippen LogP contribution < -0.4 is 5.32 Å². The van der Waals surface area contributed by atoms with Crippen molar-refractivity contribution in [3.8, 4) is 11.3 Å². The SMILES string of the molecule is Cc1cccc(CCNC(=O)c2nn(C)c3c2CS(=O)(=O)c2ccccc2-3)c1. The Hall–Kier alpha value is -2.93. The smallest absolute Gasteiger partial charge is 0.272 e. The van der Waals surface area contributed by atoms with Gasteiger partial charge in [-0.25, -0.2) is 8.42 Å². The molecule has 1 N–H and O–H groups in total. The van der Waals surface area contributed by atoms with Crippen LogP contribution >= 0.6 is 0 Å². The number of fused-ring (bicyclic) bond motifs is 3. The second-order valence-corrected chi connectivity index (χ2v) is 9.01. The molecule has 1 amide bonds. The van der Waals surface area contributed by atoms with E-state index in [1.807, 2.05) is 25.1 Å². The van der Waals surface area contributed by atoms with Gasteiger partial charge in [0.15, 0.2) is 15.5 Å². The highest BCUT2D eigenvalue weighted by atomic mass is 32.2. The van der Waals surface area contributed by atoms with Crippen molar-refractivity contribution in [3.63, 3.8) is 0 Å². The van der Waals surface area contributed by atoms with Gasteiger partial charge in [-0.15, -0.1) is 0 Å². The molecule has 2 heterocycles. The van der Waals surface area contributed by atoms with Gasteiger partial charge < -0.3 is 5.32 Å². The van der Waals surface area contributed by atoms with E-state index >= 15 is 0 Å². The third kappa shape index (κ3) is 3.22. The van der Waals surface area contributed by atoms with E-state index < -0.39 is 9.84 Å². The lowest BCUT2D eigenvalue weighted by atomic mass is 10.1. The third-order valence-corrected chi connectivity index (χ3v) is 6.65. The molecule has 0 saturated carbocycles. The zero-order valence-corrected chi connectivity index (χ0v) is 16.6. The molecule has 0 bridgehead atoms. The first-order valence-electron chi connectivity index (χ1n) is 9.08. The van der Waals surface area contributed by atoms with E-state index in [0.717, 1.165) is 5.56 Å². The van der Waals surface area contributed by atoms with Gasteiger partial charge in [0.05, 0.1) is 16.3 Å². The van der Waals surface area contributed by atoms with Crippen LogP contribution in [0.4, 0.5) is 0 Å². The van der Waals surface area contributed by atoms with Crippen molar-refractivity contribution in [1.82, 2.24) is 15.1 Å². The topological polar surface area (TPSA) is 81.1 Å². The van der Waals surface area contributed by atoms with Crippen LogP contribution in [0.25, 0.3) is 11.3 Å². The summed E-state index contributed by atoms with van der Waals surface area (Å²) < 4.78 is 27.0. The summed E-state index contributed by atoms with van der Waals surface area (Å²) in [4.78, 5) is 13.0. The minimum Gasteiger partial charge on any atom is -0.350 e. The molecule has 144 valence electrons. The summed E-state index contributed by atoms with van der Waals surface area (Å²) in [5.41, 5.74) is 4.24. The Kier molecular flexibility index (Phi) is 4.55. The monoisotopic (exact) mass is 395 g/mol. The van der Waals surface area contributed by atoms with Crippen LogP contribution in [0.15, 0.2) is 53.4 Å². The largest absolute Gasteiger partial charge is 0.350 e. The molecule has 7 heteroatoms. The predicted octanol–water partition coefficient (Wildman–Crippen LogP) is 2.66. The van der Waals surface area contributed by atoms with Gasteiger partial charge in [-0.3, -0.25) is 9.48 Å². The second kappa shape index (κ2) is 6.91. The summed E-state index contributed by atoms with van der Waals surface area (Å²) in [6.07, 6.45) is 0.698. The number of hydrogen-bond donors (Lipinski definition) is 1. The average molecular weight is 395 g/mol. The van der Waals surface area contributed by atoms with Gasteiger partial charge in [0.1, 0.15) is 0 Å². The summed E-state index contributed by atoms with van der Waals surface area (Å²) in [7, 11) is -1.77. The van der Waals surface area contributed by atoms with Crippen LogP contribution in [0, 0.1) is 6.92 Å². The minimum atomic E-state index is -3.50. The van der Waals surface area contributed by atoms with E-state index in [0.29, 0.717) is 29.8 Å². The van der Waals surface area contributed by atoms with Gasteiger partial charge in [0.2, 0.25) is 0 Å². The lowest BCUT2D eigenvalue weighted by Gasteiger charge is -2.18. The Labute approximate surface area is 164 Å². The van der Waals surface area contributed by atoms with E-state index in [1.165, 1.54) is 5.56 Å². The number of hydrogen-bond acceptors (Lipinski definition) is 4. The number of aryl methyl sites for hydroxylation is 2. The van der Waals surface area contributed by atoms with Gasteiger partial charge in [-0.2, -0.15) is 5.10 Å². The van der Waals surface area contributed by atoms with Crippen molar-refractivity contribution in [3.05, 3.63) is 70.9 Å². The molecule has 4 rings (SSSR count). The normalized spacial score (nSPS) is 14.2. The molecular weight excluding hydrogens is 374 g/mol. The summed E-state index contributed by atoms with van der Waals surface area (Å²) >= 11 is 0. The molecule has 0 spiro atoms. The molecule has 1 aliphatic heterocycles. The van der Waals surface area contributed by atoms with Crippen LogP contribution in [0.1, 0.15) is 27.2 Å². The molecule has 0 saturated heterocycles. The molecule has 1 aliphatic rings. The molecule has 0 fully saturated rings. The van der Waals surface area contributed by atoms with Crippen LogP contribution in [-0.2, 0) is 29.1 Å². The molecular formula is C21H21N3O3S. The standard InChI is InChI=1S/C21H21N3O3S/c1-14-6-5-7-15(12-14)10-11-22-21(25)19-17-13-28(26,27)18-9-4-3-8-16(18)20(17)24(2)23-19/h3-9,12H,10-11,13H2,1-2H3,(H,22,25). The summed E-state index contributed by atoms with van der Waals surface area (Å²) in [6.45, 7) is 2.48. The van der Waals surface area contributed by atoms with Crippen LogP contribution in [0.3, 0.4) is 0 Å². The Balaban J connectivity index is 1.60. The highest BCUT2D eigenvalue weighted by Crippen LogP contribution is 2.38. The Morgan fingerprint density at radius 1 is 1.18 bits per heavy atom.